The Hall–Kier alpha value is -1.06. The summed E-state index contributed by atoms with van der Waals surface area (Å²) in [6, 6.07) is 1.46. The van der Waals surface area contributed by atoms with Gasteiger partial charge in [-0.1, -0.05) is 0 Å². The molecule has 0 aromatic heterocycles. The van der Waals surface area contributed by atoms with Crippen molar-refractivity contribution >= 4 is 21.8 Å². The predicted molar refractivity (Wildman–Crippen MR) is 53.9 cm³/mol. The molecular weight excluding hydrogens is 236 g/mol. The first-order valence-corrected chi connectivity index (χ1v) is 4.32. The Kier molecular flexibility index (Phi) is 5.11. The minimum Gasteiger partial charge on any atom is -0.394 e. The Bertz CT molecular complexity index is 275. The van der Waals surface area contributed by atoms with E-state index in [1.54, 1.807) is 13.0 Å². The van der Waals surface area contributed by atoms with Crippen LogP contribution >= 0.6 is 15.9 Å². The quantitative estimate of drug-likeness (QED) is 0.278. The second-order valence-electron chi connectivity index (χ2n) is 2.38. The monoisotopic (exact) mass is 246 g/mol. The fourth-order valence-electron chi connectivity index (χ4n) is 0.576. The van der Waals surface area contributed by atoms with Gasteiger partial charge in [0.05, 0.1) is 17.3 Å². The number of aliphatic hydroxyl groups excluding tert-OH is 1. The Balaban J connectivity index is 4.79. The largest absolute Gasteiger partial charge is 0.394 e. The minimum absolute atomic E-state index is 0.0263. The van der Waals surface area contributed by atoms with Crippen LogP contribution in [0.1, 0.15) is 6.92 Å². The highest BCUT2D eigenvalue weighted by molar-refractivity contribution is 9.11. The van der Waals surface area contributed by atoms with Gasteiger partial charge in [0.25, 0.3) is 0 Å². The minimum atomic E-state index is -0.338. The van der Waals surface area contributed by atoms with E-state index in [4.69, 9.17) is 21.8 Å². The molecule has 5 N–H and O–H groups in total. The number of nitriles is 1. The standard InChI is InChI=1S/C7H11BrN4O/c1-4(3-13)12-7(11)5(2-9)6(8)10/h4,13H,3,10H2,1H3,(H2,11,12)/t4-/m0/s1. The van der Waals surface area contributed by atoms with E-state index in [1.807, 2.05) is 0 Å². The van der Waals surface area contributed by atoms with Crippen LogP contribution in [0.25, 0.3) is 0 Å². The lowest BCUT2D eigenvalue weighted by atomic mass is 10.3. The van der Waals surface area contributed by atoms with Gasteiger partial charge >= 0.3 is 0 Å². The zero-order valence-electron chi connectivity index (χ0n) is 7.16. The van der Waals surface area contributed by atoms with Crippen molar-refractivity contribution in [3.05, 3.63) is 10.2 Å². The normalized spacial score (nSPS) is 16.0. The number of hydrogen-bond donors (Lipinski definition) is 3. The maximum Gasteiger partial charge on any atom is 0.139 e. The SMILES string of the molecule is C[C@@H](CO)N=C(N)C(C#N)=C(N)Br. The van der Waals surface area contributed by atoms with E-state index in [0.717, 1.165) is 0 Å². The lowest BCUT2D eigenvalue weighted by Gasteiger charge is -2.03. The molecule has 13 heavy (non-hydrogen) atoms. The average molecular weight is 247 g/mol. The van der Waals surface area contributed by atoms with Gasteiger partial charge in [0.1, 0.15) is 17.5 Å². The van der Waals surface area contributed by atoms with Gasteiger partial charge in [-0.2, -0.15) is 5.26 Å². The number of hydrogen-bond acceptors (Lipinski definition) is 4. The molecule has 0 fully saturated rings. The van der Waals surface area contributed by atoms with Crippen molar-refractivity contribution in [1.82, 2.24) is 0 Å². The fraction of sp³-hybridized carbons (Fsp3) is 0.429. The summed E-state index contributed by atoms with van der Waals surface area (Å²) in [6.45, 7) is 1.55. The highest BCUT2D eigenvalue weighted by atomic mass is 79.9. The van der Waals surface area contributed by atoms with E-state index in [1.165, 1.54) is 0 Å². The van der Waals surface area contributed by atoms with Gasteiger partial charge in [0.15, 0.2) is 0 Å². The van der Waals surface area contributed by atoms with Gasteiger partial charge < -0.3 is 16.6 Å². The number of halogens is 1. The van der Waals surface area contributed by atoms with Crippen molar-refractivity contribution in [2.24, 2.45) is 16.5 Å². The Morgan fingerprint density at radius 3 is 2.54 bits per heavy atom. The third-order valence-corrected chi connectivity index (χ3v) is 1.63. The molecule has 0 aliphatic heterocycles. The van der Waals surface area contributed by atoms with E-state index in [2.05, 4.69) is 20.9 Å². The molecule has 0 heterocycles. The van der Waals surface area contributed by atoms with Crippen LogP contribution in [0.4, 0.5) is 0 Å². The zero-order chi connectivity index (χ0) is 10.4. The van der Waals surface area contributed by atoms with Gasteiger partial charge in [-0.25, -0.2) is 0 Å². The van der Waals surface area contributed by atoms with E-state index in [-0.39, 0.29) is 28.7 Å². The van der Waals surface area contributed by atoms with Gasteiger partial charge in [0.2, 0.25) is 0 Å². The lowest BCUT2D eigenvalue weighted by Crippen LogP contribution is -2.20. The van der Waals surface area contributed by atoms with Crippen molar-refractivity contribution in [2.75, 3.05) is 6.61 Å². The molecule has 0 saturated carbocycles. The van der Waals surface area contributed by atoms with Crippen LogP contribution in [-0.2, 0) is 0 Å². The summed E-state index contributed by atoms with van der Waals surface area (Å²) in [4.78, 5) is 3.84. The summed E-state index contributed by atoms with van der Waals surface area (Å²) >= 11 is 2.93. The van der Waals surface area contributed by atoms with Crippen LogP contribution in [0, 0.1) is 11.3 Å². The summed E-state index contributed by atoms with van der Waals surface area (Å²) in [5.41, 5.74) is 10.9. The second kappa shape index (κ2) is 5.56. The molecule has 0 radical (unpaired) electrons. The van der Waals surface area contributed by atoms with Crippen molar-refractivity contribution in [3.8, 4) is 6.07 Å². The average Bonchev–Trinajstić information content (AvgIpc) is 2.04. The smallest absolute Gasteiger partial charge is 0.139 e. The summed E-state index contributed by atoms with van der Waals surface area (Å²) in [6.07, 6.45) is 0. The molecule has 0 saturated heterocycles. The third-order valence-electron chi connectivity index (χ3n) is 1.23. The van der Waals surface area contributed by atoms with Gasteiger partial charge in [-0.05, 0) is 22.9 Å². The van der Waals surface area contributed by atoms with E-state index < -0.39 is 0 Å². The summed E-state index contributed by atoms with van der Waals surface area (Å²) in [7, 11) is 0. The number of nitrogens with zero attached hydrogens (tertiary/aromatic N) is 2. The van der Waals surface area contributed by atoms with Crippen molar-refractivity contribution in [2.45, 2.75) is 13.0 Å². The molecule has 0 aromatic rings. The van der Waals surface area contributed by atoms with E-state index in [0.29, 0.717) is 0 Å². The lowest BCUT2D eigenvalue weighted by molar-refractivity contribution is 0.274. The molecule has 0 spiro atoms. The summed E-state index contributed by atoms with van der Waals surface area (Å²) in [5, 5.41) is 17.3. The number of aliphatic imine (C=N–C) groups is 1. The topological polar surface area (TPSA) is 108 Å². The van der Waals surface area contributed by atoms with Gasteiger partial charge in [-0.3, -0.25) is 4.99 Å². The number of rotatable bonds is 3. The zero-order valence-corrected chi connectivity index (χ0v) is 8.74. The number of amidine groups is 1. The number of nitrogens with two attached hydrogens (primary N) is 2. The first-order chi connectivity index (χ1) is 6.02. The van der Waals surface area contributed by atoms with Crippen LogP contribution in [0.3, 0.4) is 0 Å². The molecule has 0 bridgehead atoms. The first kappa shape index (κ1) is 11.9. The Morgan fingerprint density at radius 2 is 2.23 bits per heavy atom. The molecule has 0 amide bonds. The molecule has 5 nitrogen and oxygen atoms in total. The molecular formula is C7H11BrN4O. The van der Waals surface area contributed by atoms with E-state index in [9.17, 15) is 0 Å². The van der Waals surface area contributed by atoms with Gasteiger partial charge in [0, 0.05) is 0 Å². The maximum absolute atomic E-state index is 8.67. The molecule has 0 unspecified atom stereocenters. The van der Waals surface area contributed by atoms with Crippen molar-refractivity contribution in [1.29, 1.82) is 5.26 Å². The summed E-state index contributed by atoms with van der Waals surface area (Å²) in [5.74, 6) is 0.0263. The maximum atomic E-state index is 8.67. The summed E-state index contributed by atoms with van der Waals surface area (Å²) < 4.78 is 0.140. The van der Waals surface area contributed by atoms with E-state index >= 15 is 0 Å². The first-order valence-electron chi connectivity index (χ1n) is 3.52. The van der Waals surface area contributed by atoms with Gasteiger partial charge in [-0.15, -0.1) is 0 Å². The Morgan fingerprint density at radius 1 is 1.69 bits per heavy atom. The Labute approximate surface area is 84.9 Å². The molecule has 72 valence electrons. The highest BCUT2D eigenvalue weighted by Crippen LogP contribution is 2.05. The molecule has 1 atom stereocenters. The molecule has 6 heteroatoms. The van der Waals surface area contributed by atoms with Crippen LogP contribution < -0.4 is 11.5 Å². The number of aliphatic hydroxyl groups is 1. The van der Waals surface area contributed by atoms with Crippen LogP contribution in [0.5, 0.6) is 0 Å². The molecule has 0 aromatic carbocycles. The third kappa shape index (κ3) is 3.92. The predicted octanol–water partition coefficient (Wildman–Crippen LogP) is -0.187. The van der Waals surface area contributed by atoms with Crippen molar-refractivity contribution < 1.29 is 5.11 Å². The van der Waals surface area contributed by atoms with Crippen molar-refractivity contribution in [3.63, 3.8) is 0 Å². The molecule has 0 aliphatic rings. The molecule has 0 rings (SSSR count). The highest BCUT2D eigenvalue weighted by Gasteiger charge is 2.07. The molecule has 0 aliphatic carbocycles. The van der Waals surface area contributed by atoms with Crippen LogP contribution in [0.15, 0.2) is 15.2 Å². The fourth-order valence-corrected chi connectivity index (χ4v) is 0.868. The van der Waals surface area contributed by atoms with Crippen LogP contribution in [-0.4, -0.2) is 23.6 Å². The second-order valence-corrected chi connectivity index (χ2v) is 3.24. The van der Waals surface area contributed by atoms with Crippen LogP contribution in [0.2, 0.25) is 0 Å².